The van der Waals surface area contributed by atoms with Gasteiger partial charge in [-0.1, -0.05) is 42.0 Å². The van der Waals surface area contributed by atoms with Crippen molar-refractivity contribution in [2.24, 2.45) is 0 Å². The molecule has 0 aromatic heterocycles. The molecule has 2 N–H and O–H groups in total. The Morgan fingerprint density at radius 2 is 1.73 bits per heavy atom. The number of carbonyl (C=O) groups is 2. The third-order valence-electron chi connectivity index (χ3n) is 3.78. The van der Waals surface area contributed by atoms with Gasteiger partial charge in [0.25, 0.3) is 0 Å². The number of carboxylic acid groups (broad SMARTS) is 2. The topological polar surface area (TPSA) is 74.6 Å². The third-order valence-corrected chi connectivity index (χ3v) is 3.78. The number of hydrogen-bond donors (Lipinski definition) is 2. The van der Waals surface area contributed by atoms with Crippen LogP contribution in [0.25, 0.3) is 0 Å². The Bertz CT molecular complexity index is 719. The van der Waals surface area contributed by atoms with Crippen molar-refractivity contribution in [3.05, 3.63) is 70.3 Å². The number of hydrogen-bond acceptors (Lipinski definition) is 2. The average molecular weight is 298 g/mol. The Labute approximate surface area is 129 Å². The molecule has 0 saturated carbocycles. The quantitative estimate of drug-likeness (QED) is 0.887. The van der Waals surface area contributed by atoms with Crippen molar-refractivity contribution in [2.45, 2.75) is 26.2 Å². The van der Waals surface area contributed by atoms with Crippen LogP contribution in [0, 0.1) is 13.8 Å². The summed E-state index contributed by atoms with van der Waals surface area (Å²) >= 11 is 0. The van der Waals surface area contributed by atoms with Crippen LogP contribution in [0.2, 0.25) is 0 Å². The highest BCUT2D eigenvalue weighted by Gasteiger charge is 2.24. The fourth-order valence-electron chi connectivity index (χ4n) is 2.59. The molecule has 2 rings (SSSR count). The molecule has 0 bridgehead atoms. The van der Waals surface area contributed by atoms with Gasteiger partial charge in [-0.05, 0) is 43.0 Å². The van der Waals surface area contributed by atoms with Crippen LogP contribution in [0.15, 0.2) is 42.5 Å². The molecule has 0 amide bonds. The monoisotopic (exact) mass is 298 g/mol. The van der Waals surface area contributed by atoms with Crippen LogP contribution in [-0.2, 0) is 11.2 Å². The molecule has 0 saturated heterocycles. The normalized spacial score (nSPS) is 11.9. The first-order valence-electron chi connectivity index (χ1n) is 7.01. The van der Waals surface area contributed by atoms with E-state index in [1.165, 1.54) is 6.07 Å². The minimum absolute atomic E-state index is 0.152. The lowest BCUT2D eigenvalue weighted by atomic mass is 9.87. The first-order valence-corrected chi connectivity index (χ1v) is 7.01. The number of aryl methyl sites for hydroxylation is 2. The largest absolute Gasteiger partial charge is 0.481 e. The maximum Gasteiger partial charge on any atom is 0.335 e. The zero-order valence-electron chi connectivity index (χ0n) is 12.5. The minimum atomic E-state index is -1.04. The van der Waals surface area contributed by atoms with E-state index in [1.54, 1.807) is 18.2 Å². The molecule has 4 heteroatoms. The fourth-order valence-corrected chi connectivity index (χ4v) is 2.59. The van der Waals surface area contributed by atoms with Crippen molar-refractivity contribution in [1.29, 1.82) is 0 Å². The smallest absolute Gasteiger partial charge is 0.335 e. The van der Waals surface area contributed by atoms with Gasteiger partial charge in [0.05, 0.1) is 11.5 Å². The third kappa shape index (κ3) is 3.34. The van der Waals surface area contributed by atoms with E-state index in [9.17, 15) is 19.8 Å². The van der Waals surface area contributed by atoms with Crippen LogP contribution >= 0.6 is 0 Å². The zero-order chi connectivity index (χ0) is 16.3. The summed E-state index contributed by atoms with van der Waals surface area (Å²) in [6, 6.07) is 12.2. The number of rotatable bonds is 5. The van der Waals surface area contributed by atoms with Crippen LogP contribution in [0.1, 0.15) is 38.5 Å². The summed E-state index contributed by atoms with van der Waals surface area (Å²) in [6.07, 6.45) is 0.155. The molecule has 1 atom stereocenters. The lowest BCUT2D eigenvalue weighted by Crippen LogP contribution is -2.17. The molecule has 0 heterocycles. The number of benzene rings is 2. The molecular formula is C18H18O4. The number of carboxylic acids is 2. The molecule has 0 aliphatic rings. The van der Waals surface area contributed by atoms with Crippen molar-refractivity contribution in [3.8, 4) is 0 Å². The van der Waals surface area contributed by atoms with E-state index in [1.807, 2.05) is 32.0 Å². The lowest BCUT2D eigenvalue weighted by Gasteiger charge is -2.17. The van der Waals surface area contributed by atoms with Gasteiger partial charge in [0, 0.05) is 0 Å². The van der Waals surface area contributed by atoms with Gasteiger partial charge < -0.3 is 10.2 Å². The van der Waals surface area contributed by atoms with Crippen LogP contribution in [0.4, 0.5) is 0 Å². The van der Waals surface area contributed by atoms with E-state index >= 15 is 0 Å². The van der Waals surface area contributed by atoms with Gasteiger partial charge in [-0.3, -0.25) is 4.79 Å². The number of aliphatic carboxylic acids is 1. The number of aromatic carboxylic acids is 1. The highest BCUT2D eigenvalue weighted by atomic mass is 16.4. The van der Waals surface area contributed by atoms with Gasteiger partial charge in [0.15, 0.2) is 0 Å². The van der Waals surface area contributed by atoms with Gasteiger partial charge in [-0.15, -0.1) is 0 Å². The van der Waals surface area contributed by atoms with Gasteiger partial charge >= 0.3 is 11.9 Å². The second-order valence-electron chi connectivity index (χ2n) is 5.42. The molecule has 2 aromatic rings. The minimum Gasteiger partial charge on any atom is -0.481 e. The summed E-state index contributed by atoms with van der Waals surface area (Å²) in [6.45, 7) is 3.78. The van der Waals surface area contributed by atoms with Crippen LogP contribution in [0.5, 0.6) is 0 Å². The molecule has 0 aliphatic heterocycles. The van der Waals surface area contributed by atoms with E-state index in [4.69, 9.17) is 0 Å². The Kier molecular flexibility index (Phi) is 4.61. The molecule has 0 fully saturated rings. The Hall–Kier alpha value is -2.62. The van der Waals surface area contributed by atoms with E-state index in [2.05, 4.69) is 0 Å². The SMILES string of the molecule is Cc1ccc(C)c(C(Cc2ccccc2C(=O)O)C(=O)O)c1. The van der Waals surface area contributed by atoms with Crippen molar-refractivity contribution in [1.82, 2.24) is 0 Å². The molecule has 1 unspecified atom stereocenters. The Balaban J connectivity index is 2.45. The standard InChI is InChI=1S/C18H18O4/c1-11-7-8-12(2)15(9-11)16(18(21)22)10-13-5-3-4-6-14(13)17(19)20/h3-9,16H,10H2,1-2H3,(H,19,20)(H,21,22). The Morgan fingerprint density at radius 3 is 2.36 bits per heavy atom. The molecule has 0 aliphatic carbocycles. The predicted octanol–water partition coefficient (Wildman–Crippen LogP) is 3.41. The first kappa shape index (κ1) is 15.8. The highest BCUT2D eigenvalue weighted by Crippen LogP contribution is 2.27. The molecular weight excluding hydrogens is 280 g/mol. The van der Waals surface area contributed by atoms with Crippen molar-refractivity contribution >= 4 is 11.9 Å². The summed E-state index contributed by atoms with van der Waals surface area (Å²) in [7, 11) is 0. The van der Waals surface area contributed by atoms with Crippen molar-refractivity contribution in [3.63, 3.8) is 0 Å². The van der Waals surface area contributed by atoms with Gasteiger partial charge in [0.2, 0.25) is 0 Å². The van der Waals surface area contributed by atoms with Crippen LogP contribution in [0.3, 0.4) is 0 Å². The van der Waals surface area contributed by atoms with E-state index in [0.717, 1.165) is 16.7 Å². The van der Waals surface area contributed by atoms with Gasteiger partial charge in [-0.25, -0.2) is 4.79 Å². The molecule has 0 radical (unpaired) electrons. The first-order chi connectivity index (χ1) is 10.4. The second-order valence-corrected chi connectivity index (χ2v) is 5.42. The summed E-state index contributed by atoms with van der Waals surface area (Å²) in [5.41, 5.74) is 3.29. The zero-order valence-corrected chi connectivity index (χ0v) is 12.5. The fraction of sp³-hybridized carbons (Fsp3) is 0.222. The summed E-state index contributed by atoms with van der Waals surface area (Å²) in [4.78, 5) is 23.0. The molecule has 2 aromatic carbocycles. The van der Waals surface area contributed by atoms with Crippen molar-refractivity contribution < 1.29 is 19.8 Å². The molecule has 0 spiro atoms. The summed E-state index contributed by atoms with van der Waals surface area (Å²) in [5, 5.41) is 18.8. The maximum absolute atomic E-state index is 11.7. The molecule has 22 heavy (non-hydrogen) atoms. The summed E-state index contributed by atoms with van der Waals surface area (Å²) in [5.74, 6) is -2.75. The maximum atomic E-state index is 11.7. The molecule has 4 nitrogen and oxygen atoms in total. The second kappa shape index (κ2) is 6.43. The van der Waals surface area contributed by atoms with Crippen molar-refractivity contribution in [2.75, 3.05) is 0 Å². The average Bonchev–Trinajstić information content (AvgIpc) is 2.47. The van der Waals surface area contributed by atoms with Crippen LogP contribution < -0.4 is 0 Å². The highest BCUT2D eigenvalue weighted by molar-refractivity contribution is 5.89. The van der Waals surface area contributed by atoms with Gasteiger partial charge in [-0.2, -0.15) is 0 Å². The van der Waals surface area contributed by atoms with Crippen LogP contribution in [-0.4, -0.2) is 22.2 Å². The van der Waals surface area contributed by atoms with E-state index in [0.29, 0.717) is 5.56 Å². The predicted molar refractivity (Wildman–Crippen MR) is 83.4 cm³/mol. The van der Waals surface area contributed by atoms with Gasteiger partial charge in [0.1, 0.15) is 0 Å². The molecule has 114 valence electrons. The Morgan fingerprint density at radius 1 is 1.05 bits per heavy atom. The van der Waals surface area contributed by atoms with E-state index in [-0.39, 0.29) is 12.0 Å². The summed E-state index contributed by atoms with van der Waals surface area (Å²) < 4.78 is 0. The van der Waals surface area contributed by atoms with E-state index < -0.39 is 17.9 Å². The lowest BCUT2D eigenvalue weighted by molar-refractivity contribution is -0.138.